The van der Waals surface area contributed by atoms with Gasteiger partial charge < -0.3 is 14.4 Å². The zero-order valence-corrected chi connectivity index (χ0v) is 15.4. The minimum atomic E-state index is -4.53. The molecule has 1 fully saturated rings. The number of alkyl halides is 3. The number of carbonyl (C=O) groups excluding carboxylic acids is 1. The molecule has 8 heteroatoms. The van der Waals surface area contributed by atoms with Gasteiger partial charge in [0.2, 0.25) is 0 Å². The lowest BCUT2D eigenvalue weighted by atomic mass is 10.2. The Morgan fingerprint density at radius 1 is 1.26 bits per heavy atom. The maximum Gasteiger partial charge on any atom is 0.419 e. The van der Waals surface area contributed by atoms with E-state index in [1.54, 1.807) is 4.90 Å². The van der Waals surface area contributed by atoms with Gasteiger partial charge in [0, 0.05) is 18.0 Å². The van der Waals surface area contributed by atoms with Gasteiger partial charge in [-0.3, -0.25) is 4.79 Å². The van der Waals surface area contributed by atoms with E-state index in [0.717, 1.165) is 23.8 Å². The molecule has 0 N–H and O–H groups in total. The lowest BCUT2D eigenvalue weighted by Gasteiger charge is -2.25. The summed E-state index contributed by atoms with van der Waals surface area (Å²) < 4.78 is 50.0. The average molecular weight is 399 g/mol. The van der Waals surface area contributed by atoms with Crippen LogP contribution in [0.1, 0.15) is 23.3 Å². The lowest BCUT2D eigenvalue weighted by molar-refractivity contribution is -0.141. The van der Waals surface area contributed by atoms with Crippen LogP contribution < -0.4 is 4.74 Å². The summed E-state index contributed by atoms with van der Waals surface area (Å²) in [5.74, 6) is -0.706. The van der Waals surface area contributed by atoms with Crippen LogP contribution in [0.15, 0.2) is 41.8 Å². The molecule has 0 bridgehead atoms. The third-order valence-electron chi connectivity index (χ3n) is 4.27. The predicted molar refractivity (Wildman–Crippen MR) is 95.6 cm³/mol. The third kappa shape index (κ3) is 5.46. The first kappa shape index (κ1) is 19.7. The van der Waals surface area contributed by atoms with Gasteiger partial charge in [-0.25, -0.2) is 0 Å². The quantitative estimate of drug-likeness (QED) is 0.695. The van der Waals surface area contributed by atoms with E-state index in [2.05, 4.69) is 0 Å². The molecule has 0 radical (unpaired) electrons. The van der Waals surface area contributed by atoms with E-state index >= 15 is 0 Å². The molecule has 2 heterocycles. The average Bonchev–Trinajstić information content (AvgIpc) is 3.32. The predicted octanol–water partition coefficient (Wildman–Crippen LogP) is 4.35. The van der Waals surface area contributed by atoms with Gasteiger partial charge in [-0.2, -0.15) is 13.2 Å². The fourth-order valence-electron chi connectivity index (χ4n) is 2.94. The number of benzene rings is 1. The number of hydrogen-bond acceptors (Lipinski definition) is 4. The van der Waals surface area contributed by atoms with Crippen molar-refractivity contribution >= 4 is 17.2 Å². The Kier molecular flexibility index (Phi) is 6.38. The molecular weight excluding hydrogens is 379 g/mol. The van der Waals surface area contributed by atoms with Crippen molar-refractivity contribution in [2.45, 2.75) is 31.7 Å². The monoisotopic (exact) mass is 399 g/mol. The van der Waals surface area contributed by atoms with Gasteiger partial charge in [0.1, 0.15) is 5.75 Å². The number of rotatable bonds is 7. The van der Waals surface area contributed by atoms with E-state index in [1.807, 2.05) is 17.5 Å². The second-order valence-electron chi connectivity index (χ2n) is 6.27. The first-order valence-electron chi connectivity index (χ1n) is 8.64. The second kappa shape index (κ2) is 8.75. The minimum Gasteiger partial charge on any atom is -0.483 e. The molecule has 0 aliphatic carbocycles. The van der Waals surface area contributed by atoms with Crippen LogP contribution in [0.25, 0.3) is 0 Å². The van der Waals surface area contributed by atoms with Crippen molar-refractivity contribution in [3.05, 3.63) is 52.2 Å². The van der Waals surface area contributed by atoms with Crippen LogP contribution in [0.5, 0.6) is 5.75 Å². The van der Waals surface area contributed by atoms with E-state index in [4.69, 9.17) is 9.47 Å². The number of ether oxygens (including phenoxy) is 2. The van der Waals surface area contributed by atoms with Crippen LogP contribution >= 0.6 is 11.3 Å². The molecule has 1 aromatic heterocycles. The summed E-state index contributed by atoms with van der Waals surface area (Å²) in [6, 6.07) is 8.71. The topological polar surface area (TPSA) is 38.8 Å². The lowest BCUT2D eigenvalue weighted by Crippen LogP contribution is -2.39. The Balaban J connectivity index is 1.67. The van der Waals surface area contributed by atoms with E-state index in [-0.39, 0.29) is 17.8 Å². The summed E-state index contributed by atoms with van der Waals surface area (Å²) in [6.07, 6.45) is -2.77. The van der Waals surface area contributed by atoms with Gasteiger partial charge in [-0.15, -0.1) is 11.3 Å². The molecule has 2 aromatic rings. The summed E-state index contributed by atoms with van der Waals surface area (Å²) in [7, 11) is 0. The smallest absolute Gasteiger partial charge is 0.419 e. The Morgan fingerprint density at radius 2 is 2.07 bits per heavy atom. The van der Waals surface area contributed by atoms with E-state index in [0.29, 0.717) is 19.7 Å². The van der Waals surface area contributed by atoms with Gasteiger partial charge in [0.05, 0.1) is 18.2 Å². The third-order valence-corrected chi connectivity index (χ3v) is 5.13. The van der Waals surface area contributed by atoms with Crippen LogP contribution in [0.4, 0.5) is 13.2 Å². The van der Waals surface area contributed by atoms with Gasteiger partial charge >= 0.3 is 6.18 Å². The van der Waals surface area contributed by atoms with E-state index in [1.165, 1.54) is 29.5 Å². The van der Waals surface area contributed by atoms with Crippen molar-refractivity contribution < 1.29 is 27.4 Å². The molecule has 0 saturated carbocycles. The molecule has 4 nitrogen and oxygen atoms in total. The number of hydrogen-bond donors (Lipinski definition) is 0. The molecule has 1 amide bonds. The van der Waals surface area contributed by atoms with E-state index < -0.39 is 18.3 Å². The first-order valence-corrected chi connectivity index (χ1v) is 9.52. The number of nitrogens with zero attached hydrogens (tertiary/aromatic N) is 1. The molecule has 1 atom stereocenters. The van der Waals surface area contributed by atoms with Crippen molar-refractivity contribution in [3.63, 3.8) is 0 Å². The fourth-order valence-corrected chi connectivity index (χ4v) is 3.66. The summed E-state index contributed by atoms with van der Waals surface area (Å²) >= 11 is 1.52. The highest BCUT2D eigenvalue weighted by Gasteiger charge is 2.34. The van der Waals surface area contributed by atoms with Gasteiger partial charge in [-0.1, -0.05) is 18.2 Å². The zero-order chi connectivity index (χ0) is 19.3. The molecule has 1 aliphatic rings. The van der Waals surface area contributed by atoms with Crippen molar-refractivity contribution in [1.82, 2.24) is 4.90 Å². The fraction of sp³-hybridized carbons (Fsp3) is 0.421. The number of para-hydroxylation sites is 1. The Labute approximate surface area is 159 Å². The molecule has 0 spiro atoms. The van der Waals surface area contributed by atoms with E-state index in [9.17, 15) is 18.0 Å². The Bertz CT molecular complexity index is 743. The molecule has 27 heavy (non-hydrogen) atoms. The van der Waals surface area contributed by atoms with Crippen LogP contribution in [0, 0.1) is 0 Å². The van der Waals surface area contributed by atoms with Crippen molar-refractivity contribution in [3.8, 4) is 5.75 Å². The van der Waals surface area contributed by atoms with Gasteiger partial charge in [-0.05, 0) is 36.4 Å². The SMILES string of the molecule is O=C(COc1ccccc1C(F)(F)F)N(Cc1cccs1)CC1CCCO1. The van der Waals surface area contributed by atoms with Gasteiger partial charge in [0.15, 0.2) is 6.61 Å². The summed E-state index contributed by atoms with van der Waals surface area (Å²) in [6.45, 7) is 1.01. The van der Waals surface area contributed by atoms with Crippen LogP contribution in [-0.4, -0.2) is 36.7 Å². The Morgan fingerprint density at radius 3 is 2.74 bits per heavy atom. The molecular formula is C19H20F3NO3S. The molecule has 1 aliphatic heterocycles. The number of thiophene rings is 1. The first-order chi connectivity index (χ1) is 12.9. The second-order valence-corrected chi connectivity index (χ2v) is 7.30. The van der Waals surface area contributed by atoms with Crippen LogP contribution in [0.2, 0.25) is 0 Å². The van der Waals surface area contributed by atoms with Crippen molar-refractivity contribution in [1.29, 1.82) is 0 Å². The summed E-state index contributed by atoms with van der Waals surface area (Å²) in [5, 5.41) is 1.92. The number of carbonyl (C=O) groups is 1. The minimum absolute atomic E-state index is 0.0450. The maximum absolute atomic E-state index is 13.1. The van der Waals surface area contributed by atoms with Gasteiger partial charge in [0.25, 0.3) is 5.91 Å². The largest absolute Gasteiger partial charge is 0.483 e. The van der Waals surface area contributed by atoms with Crippen LogP contribution in [0.3, 0.4) is 0 Å². The van der Waals surface area contributed by atoms with Crippen molar-refractivity contribution in [2.75, 3.05) is 19.8 Å². The van der Waals surface area contributed by atoms with Crippen molar-refractivity contribution in [2.24, 2.45) is 0 Å². The summed E-state index contributed by atoms with van der Waals surface area (Å²) in [4.78, 5) is 15.3. The molecule has 1 unspecified atom stereocenters. The molecule has 3 rings (SSSR count). The number of halogens is 3. The zero-order valence-electron chi connectivity index (χ0n) is 14.6. The highest BCUT2D eigenvalue weighted by molar-refractivity contribution is 7.09. The van der Waals surface area contributed by atoms with Crippen LogP contribution in [-0.2, 0) is 22.3 Å². The normalized spacial score (nSPS) is 17.1. The highest BCUT2D eigenvalue weighted by Crippen LogP contribution is 2.35. The highest BCUT2D eigenvalue weighted by atomic mass is 32.1. The number of amides is 1. The molecule has 146 valence electrons. The molecule has 1 aromatic carbocycles. The Hall–Kier alpha value is -2.06. The molecule has 1 saturated heterocycles. The standard InChI is InChI=1S/C19H20F3NO3S/c20-19(21,22)16-7-1-2-8-17(16)26-13-18(24)23(11-14-5-3-9-25-14)12-15-6-4-10-27-15/h1-2,4,6-8,10,14H,3,5,9,11-13H2. The maximum atomic E-state index is 13.1. The summed E-state index contributed by atoms with van der Waals surface area (Å²) in [5.41, 5.74) is -0.887.